The predicted octanol–water partition coefficient (Wildman–Crippen LogP) is 3.24. The van der Waals surface area contributed by atoms with Crippen molar-refractivity contribution in [3.8, 4) is 17.2 Å². The molecule has 8 heteroatoms. The predicted molar refractivity (Wildman–Crippen MR) is 114 cm³/mol. The van der Waals surface area contributed by atoms with Gasteiger partial charge in [0.1, 0.15) is 5.75 Å². The standard InChI is InChI=1S/C22H25N3O4S/c1-16-4-3-5-18(12-16)22-24-23-21(29-22)14-25(19-10-11-30(26,27)15-19)13-17-6-8-20(28-2)9-7-17/h3-9,12,19H,10-11,13-15H2,1-2H3. The highest BCUT2D eigenvalue weighted by atomic mass is 32.2. The second-order valence-electron chi connectivity index (χ2n) is 7.68. The fraction of sp³-hybridized carbons (Fsp3) is 0.364. The Hall–Kier alpha value is -2.71. The molecule has 2 heterocycles. The minimum Gasteiger partial charge on any atom is -0.497 e. The number of nitrogens with zero attached hydrogens (tertiary/aromatic N) is 3. The summed E-state index contributed by atoms with van der Waals surface area (Å²) >= 11 is 0. The van der Waals surface area contributed by atoms with Crippen LogP contribution in [0.5, 0.6) is 5.75 Å². The molecule has 0 bridgehead atoms. The van der Waals surface area contributed by atoms with Gasteiger partial charge in [0.2, 0.25) is 11.8 Å². The van der Waals surface area contributed by atoms with Crippen molar-refractivity contribution in [3.63, 3.8) is 0 Å². The fourth-order valence-electron chi connectivity index (χ4n) is 3.73. The van der Waals surface area contributed by atoms with Gasteiger partial charge in [0.05, 0.1) is 25.2 Å². The average Bonchev–Trinajstić information content (AvgIpc) is 3.34. The highest BCUT2D eigenvalue weighted by Crippen LogP contribution is 2.24. The Morgan fingerprint density at radius 2 is 1.93 bits per heavy atom. The smallest absolute Gasteiger partial charge is 0.247 e. The minimum atomic E-state index is -3.01. The number of benzene rings is 2. The van der Waals surface area contributed by atoms with Crippen molar-refractivity contribution in [2.75, 3.05) is 18.6 Å². The lowest BCUT2D eigenvalue weighted by Crippen LogP contribution is -2.35. The van der Waals surface area contributed by atoms with Crippen molar-refractivity contribution < 1.29 is 17.6 Å². The third-order valence-electron chi connectivity index (χ3n) is 5.34. The topological polar surface area (TPSA) is 85.5 Å². The van der Waals surface area contributed by atoms with Gasteiger partial charge in [0, 0.05) is 18.2 Å². The van der Waals surface area contributed by atoms with E-state index in [0.29, 0.717) is 31.3 Å². The number of methoxy groups -OCH3 is 1. The van der Waals surface area contributed by atoms with Gasteiger partial charge in [-0.3, -0.25) is 4.90 Å². The summed E-state index contributed by atoms with van der Waals surface area (Å²) < 4.78 is 35.3. The lowest BCUT2D eigenvalue weighted by atomic mass is 10.1. The summed E-state index contributed by atoms with van der Waals surface area (Å²) in [4.78, 5) is 2.11. The maximum absolute atomic E-state index is 12.1. The molecule has 7 nitrogen and oxygen atoms in total. The number of hydrogen-bond donors (Lipinski definition) is 0. The van der Waals surface area contributed by atoms with Crippen LogP contribution >= 0.6 is 0 Å². The second kappa shape index (κ2) is 8.57. The Balaban J connectivity index is 1.55. The highest BCUT2D eigenvalue weighted by molar-refractivity contribution is 7.91. The van der Waals surface area contributed by atoms with Gasteiger partial charge in [0.15, 0.2) is 9.84 Å². The van der Waals surface area contributed by atoms with Crippen molar-refractivity contribution in [2.24, 2.45) is 0 Å². The van der Waals surface area contributed by atoms with Crippen LogP contribution in [0.25, 0.3) is 11.5 Å². The Kier molecular flexibility index (Phi) is 5.87. The molecule has 1 saturated heterocycles. The zero-order chi connectivity index (χ0) is 21.1. The quantitative estimate of drug-likeness (QED) is 0.572. The Morgan fingerprint density at radius 1 is 1.13 bits per heavy atom. The van der Waals surface area contributed by atoms with Crippen LogP contribution in [0.3, 0.4) is 0 Å². The van der Waals surface area contributed by atoms with Crippen molar-refractivity contribution in [3.05, 3.63) is 65.5 Å². The molecule has 3 aromatic rings. The molecule has 0 amide bonds. The molecule has 4 rings (SSSR count). The summed E-state index contributed by atoms with van der Waals surface area (Å²) in [6.07, 6.45) is 0.608. The Labute approximate surface area is 176 Å². The van der Waals surface area contributed by atoms with E-state index >= 15 is 0 Å². The van der Waals surface area contributed by atoms with E-state index in [1.165, 1.54) is 0 Å². The van der Waals surface area contributed by atoms with E-state index in [1.807, 2.05) is 55.5 Å². The zero-order valence-electron chi connectivity index (χ0n) is 17.1. The first kappa shape index (κ1) is 20.6. The molecule has 2 aromatic carbocycles. The first-order valence-electron chi connectivity index (χ1n) is 9.89. The molecule has 1 atom stereocenters. The molecule has 0 N–H and O–H groups in total. The van der Waals surface area contributed by atoms with Gasteiger partial charge in [-0.2, -0.15) is 0 Å². The molecule has 1 aliphatic heterocycles. The Bertz CT molecular complexity index is 1110. The molecule has 158 valence electrons. The zero-order valence-corrected chi connectivity index (χ0v) is 17.9. The molecular weight excluding hydrogens is 402 g/mol. The number of aryl methyl sites for hydroxylation is 1. The number of hydrogen-bond acceptors (Lipinski definition) is 7. The van der Waals surface area contributed by atoms with Crippen molar-refractivity contribution in [2.45, 2.75) is 32.5 Å². The highest BCUT2D eigenvalue weighted by Gasteiger charge is 2.33. The molecule has 0 aliphatic carbocycles. The number of rotatable bonds is 7. The molecular formula is C22H25N3O4S. The van der Waals surface area contributed by atoms with Gasteiger partial charge in [-0.05, 0) is 43.2 Å². The van der Waals surface area contributed by atoms with Crippen LogP contribution in [0.4, 0.5) is 0 Å². The SMILES string of the molecule is COc1ccc(CN(Cc2nnc(-c3cccc(C)c3)o2)C2CCS(=O)(=O)C2)cc1. The summed E-state index contributed by atoms with van der Waals surface area (Å²) in [5.74, 6) is 2.10. The largest absolute Gasteiger partial charge is 0.497 e. The van der Waals surface area contributed by atoms with Gasteiger partial charge in [-0.15, -0.1) is 10.2 Å². The second-order valence-corrected chi connectivity index (χ2v) is 9.91. The van der Waals surface area contributed by atoms with E-state index in [-0.39, 0.29) is 17.5 Å². The van der Waals surface area contributed by atoms with Crippen LogP contribution in [-0.2, 0) is 22.9 Å². The molecule has 1 fully saturated rings. The first-order valence-corrected chi connectivity index (χ1v) is 11.7. The van der Waals surface area contributed by atoms with Crippen molar-refractivity contribution in [1.82, 2.24) is 15.1 Å². The van der Waals surface area contributed by atoms with Crippen LogP contribution in [0.2, 0.25) is 0 Å². The normalized spacial score (nSPS) is 18.0. The van der Waals surface area contributed by atoms with Crippen molar-refractivity contribution >= 4 is 9.84 Å². The average molecular weight is 428 g/mol. The summed E-state index contributed by atoms with van der Waals surface area (Å²) in [5.41, 5.74) is 3.06. The summed E-state index contributed by atoms with van der Waals surface area (Å²) in [6.45, 7) is 3.00. The van der Waals surface area contributed by atoms with E-state index in [2.05, 4.69) is 15.1 Å². The first-order chi connectivity index (χ1) is 14.4. The lowest BCUT2D eigenvalue weighted by Gasteiger charge is -2.26. The van der Waals surface area contributed by atoms with Crippen LogP contribution < -0.4 is 4.74 Å². The van der Waals surface area contributed by atoms with E-state index in [0.717, 1.165) is 22.4 Å². The van der Waals surface area contributed by atoms with E-state index in [9.17, 15) is 8.42 Å². The third kappa shape index (κ3) is 4.88. The number of aromatic nitrogens is 2. The summed E-state index contributed by atoms with van der Waals surface area (Å²) in [6, 6.07) is 15.6. The molecule has 0 saturated carbocycles. The molecule has 1 aliphatic rings. The molecule has 30 heavy (non-hydrogen) atoms. The van der Waals surface area contributed by atoms with Gasteiger partial charge in [0.25, 0.3) is 0 Å². The maximum Gasteiger partial charge on any atom is 0.247 e. The maximum atomic E-state index is 12.1. The lowest BCUT2D eigenvalue weighted by molar-refractivity contribution is 0.176. The van der Waals surface area contributed by atoms with Crippen LogP contribution in [0, 0.1) is 6.92 Å². The van der Waals surface area contributed by atoms with Crippen LogP contribution in [-0.4, -0.2) is 48.2 Å². The van der Waals surface area contributed by atoms with E-state index in [4.69, 9.17) is 9.15 Å². The van der Waals surface area contributed by atoms with Crippen LogP contribution in [0.15, 0.2) is 52.9 Å². The van der Waals surface area contributed by atoms with Gasteiger partial charge in [-0.1, -0.05) is 29.8 Å². The van der Waals surface area contributed by atoms with Gasteiger partial charge >= 0.3 is 0 Å². The van der Waals surface area contributed by atoms with E-state index < -0.39 is 9.84 Å². The molecule has 1 unspecified atom stereocenters. The third-order valence-corrected chi connectivity index (χ3v) is 7.09. The molecule has 0 spiro atoms. The fourth-order valence-corrected chi connectivity index (χ4v) is 5.49. The van der Waals surface area contributed by atoms with E-state index in [1.54, 1.807) is 7.11 Å². The minimum absolute atomic E-state index is 0.0774. The van der Waals surface area contributed by atoms with Gasteiger partial charge in [-0.25, -0.2) is 8.42 Å². The van der Waals surface area contributed by atoms with Gasteiger partial charge < -0.3 is 9.15 Å². The van der Waals surface area contributed by atoms with Crippen molar-refractivity contribution in [1.29, 1.82) is 0 Å². The number of ether oxygens (including phenoxy) is 1. The Morgan fingerprint density at radius 3 is 2.60 bits per heavy atom. The summed E-state index contributed by atoms with van der Waals surface area (Å²) in [5, 5.41) is 8.40. The van der Waals surface area contributed by atoms with Crippen LogP contribution in [0.1, 0.15) is 23.4 Å². The monoisotopic (exact) mass is 427 g/mol. The molecule has 1 aromatic heterocycles. The number of sulfone groups is 1. The molecule has 0 radical (unpaired) electrons. The summed E-state index contributed by atoms with van der Waals surface area (Å²) in [7, 11) is -1.38.